The van der Waals surface area contributed by atoms with Gasteiger partial charge in [-0.25, -0.2) is 12.8 Å². The van der Waals surface area contributed by atoms with Crippen LogP contribution in [0.1, 0.15) is 16.5 Å². The first-order valence-electron chi connectivity index (χ1n) is 7.12. The van der Waals surface area contributed by atoms with Gasteiger partial charge in [-0.15, -0.1) is 11.3 Å². The van der Waals surface area contributed by atoms with Crippen LogP contribution in [0, 0.1) is 10.7 Å². The minimum absolute atomic E-state index is 0.0964. The second-order valence-corrected chi connectivity index (χ2v) is 8.62. The largest absolute Gasteiger partial charge is 0.387 e. The average molecular weight is 372 g/mol. The second-order valence-electron chi connectivity index (χ2n) is 5.18. The Morgan fingerprint density at radius 2 is 1.92 bits per heavy atom. The molecule has 1 unspecified atom stereocenters. The van der Waals surface area contributed by atoms with Crippen LogP contribution in [0.25, 0.3) is 0 Å². The molecule has 0 saturated carbocycles. The Hall–Kier alpha value is -1.68. The molecule has 0 bridgehead atoms. The van der Waals surface area contributed by atoms with Crippen LogP contribution in [0.4, 0.5) is 4.39 Å². The summed E-state index contributed by atoms with van der Waals surface area (Å²) in [6.07, 6.45) is -0.671. The molecule has 0 saturated heterocycles. The van der Waals surface area contributed by atoms with E-state index in [0.29, 0.717) is 12.0 Å². The van der Waals surface area contributed by atoms with E-state index in [4.69, 9.17) is 0 Å². The molecule has 1 N–H and O–H groups in total. The Morgan fingerprint density at radius 1 is 1.25 bits per heavy atom. The molecular formula is C15H17FN2O4S2. The first-order chi connectivity index (χ1) is 11.3. The van der Waals surface area contributed by atoms with Crippen molar-refractivity contribution >= 4 is 21.4 Å². The number of rotatable bonds is 8. The number of likely N-dealkylation sites (N-methyl/N-ethyl adjacent to an activating group) is 1. The van der Waals surface area contributed by atoms with Gasteiger partial charge in [0.25, 0.3) is 10.0 Å². The van der Waals surface area contributed by atoms with Crippen molar-refractivity contribution in [1.82, 2.24) is 4.31 Å². The van der Waals surface area contributed by atoms with Crippen LogP contribution in [0.5, 0.6) is 0 Å². The summed E-state index contributed by atoms with van der Waals surface area (Å²) in [6, 6.07) is 8.36. The molecule has 0 aliphatic heterocycles. The highest BCUT2D eigenvalue weighted by molar-refractivity contribution is 7.91. The van der Waals surface area contributed by atoms with Gasteiger partial charge in [-0.05, 0) is 29.8 Å². The van der Waals surface area contributed by atoms with Crippen molar-refractivity contribution in [3.63, 3.8) is 0 Å². The Balaban J connectivity index is 2.09. The Labute approximate surface area is 143 Å². The molecule has 2 rings (SSSR count). The van der Waals surface area contributed by atoms with Crippen molar-refractivity contribution in [1.29, 1.82) is 0 Å². The van der Waals surface area contributed by atoms with Gasteiger partial charge in [0, 0.05) is 24.9 Å². The first-order valence-corrected chi connectivity index (χ1v) is 9.38. The number of sulfonamides is 1. The van der Waals surface area contributed by atoms with Crippen LogP contribution in [-0.2, 0) is 16.4 Å². The van der Waals surface area contributed by atoms with Crippen molar-refractivity contribution < 1.29 is 17.9 Å². The Morgan fingerprint density at radius 3 is 2.54 bits per heavy atom. The van der Waals surface area contributed by atoms with Gasteiger partial charge in [0.05, 0.1) is 12.6 Å². The normalized spacial score (nSPS) is 13.2. The average Bonchev–Trinajstić information content (AvgIpc) is 3.03. The molecule has 0 fully saturated rings. The zero-order chi connectivity index (χ0) is 17.7. The number of hydrogen-bond donors (Lipinski definition) is 1. The van der Waals surface area contributed by atoms with E-state index in [1.807, 2.05) is 0 Å². The number of nitrogens with zero attached hydrogens (tertiary/aromatic N) is 2. The minimum atomic E-state index is -3.75. The lowest BCUT2D eigenvalue weighted by Crippen LogP contribution is -2.30. The molecule has 9 heteroatoms. The highest BCUT2D eigenvalue weighted by Crippen LogP contribution is 2.26. The Kier molecular flexibility index (Phi) is 6.16. The van der Waals surface area contributed by atoms with E-state index in [-0.39, 0.29) is 17.3 Å². The van der Waals surface area contributed by atoms with Crippen molar-refractivity contribution in [2.75, 3.05) is 20.1 Å². The predicted octanol–water partition coefficient (Wildman–Crippen LogP) is 2.55. The lowest BCUT2D eigenvalue weighted by molar-refractivity contribution is 0.155. The summed E-state index contributed by atoms with van der Waals surface area (Å²) < 4.78 is 39.1. The van der Waals surface area contributed by atoms with Crippen LogP contribution in [0.2, 0.25) is 0 Å². The number of aliphatic hydroxyl groups excluding tert-OH is 1. The van der Waals surface area contributed by atoms with Gasteiger partial charge in [0.1, 0.15) is 10.0 Å². The SMILES string of the molecule is CN(CC(O)c1ccc(F)cc1)S(=O)(=O)c1ccc(CCN=O)s1. The smallest absolute Gasteiger partial charge is 0.252 e. The van der Waals surface area contributed by atoms with E-state index >= 15 is 0 Å². The van der Waals surface area contributed by atoms with Crippen LogP contribution in [-0.4, -0.2) is 38.0 Å². The summed E-state index contributed by atoms with van der Waals surface area (Å²) in [5.74, 6) is -0.428. The van der Waals surface area contributed by atoms with Gasteiger partial charge in [-0.2, -0.15) is 9.21 Å². The number of thiophene rings is 1. The van der Waals surface area contributed by atoms with E-state index in [2.05, 4.69) is 5.18 Å². The fraction of sp³-hybridized carbons (Fsp3) is 0.333. The molecule has 0 spiro atoms. The lowest BCUT2D eigenvalue weighted by atomic mass is 10.1. The maximum Gasteiger partial charge on any atom is 0.252 e. The van der Waals surface area contributed by atoms with Crippen molar-refractivity contribution in [2.45, 2.75) is 16.7 Å². The molecule has 24 heavy (non-hydrogen) atoms. The fourth-order valence-electron chi connectivity index (χ4n) is 2.07. The van der Waals surface area contributed by atoms with Gasteiger partial charge < -0.3 is 5.11 Å². The summed E-state index contributed by atoms with van der Waals surface area (Å²) in [5.41, 5.74) is 0.433. The summed E-state index contributed by atoms with van der Waals surface area (Å²) >= 11 is 1.07. The summed E-state index contributed by atoms with van der Waals surface area (Å²) in [5, 5.41) is 12.9. The topological polar surface area (TPSA) is 87.0 Å². The number of halogens is 1. The van der Waals surface area contributed by atoms with E-state index < -0.39 is 21.9 Å². The minimum Gasteiger partial charge on any atom is -0.387 e. The van der Waals surface area contributed by atoms with E-state index in [1.54, 1.807) is 6.07 Å². The van der Waals surface area contributed by atoms with Gasteiger partial charge in [-0.1, -0.05) is 17.3 Å². The Bertz CT molecular complexity index is 790. The fourth-order valence-corrected chi connectivity index (χ4v) is 4.81. The van der Waals surface area contributed by atoms with Crippen LogP contribution in [0.3, 0.4) is 0 Å². The highest BCUT2D eigenvalue weighted by Gasteiger charge is 2.25. The molecule has 1 heterocycles. The number of benzene rings is 1. The number of hydrogen-bond acceptors (Lipinski definition) is 6. The van der Waals surface area contributed by atoms with Crippen molar-refractivity contribution in [3.8, 4) is 0 Å². The van der Waals surface area contributed by atoms with Gasteiger partial charge in [0.15, 0.2) is 0 Å². The lowest BCUT2D eigenvalue weighted by Gasteiger charge is -2.20. The maximum absolute atomic E-state index is 12.9. The third-order valence-corrected chi connectivity index (χ3v) is 6.87. The molecule has 0 aliphatic carbocycles. The molecule has 2 aromatic rings. The van der Waals surface area contributed by atoms with Gasteiger partial charge in [-0.3, -0.25) is 0 Å². The highest BCUT2D eigenvalue weighted by atomic mass is 32.2. The molecule has 0 radical (unpaired) electrons. The third-order valence-electron chi connectivity index (χ3n) is 3.44. The van der Waals surface area contributed by atoms with Crippen molar-refractivity contribution in [2.24, 2.45) is 5.18 Å². The maximum atomic E-state index is 12.9. The van der Waals surface area contributed by atoms with Crippen molar-refractivity contribution in [3.05, 3.63) is 57.6 Å². The number of aliphatic hydroxyl groups is 1. The van der Waals surface area contributed by atoms with E-state index in [1.165, 1.54) is 37.4 Å². The summed E-state index contributed by atoms with van der Waals surface area (Å²) in [4.78, 5) is 10.9. The predicted molar refractivity (Wildman–Crippen MR) is 89.9 cm³/mol. The third kappa shape index (κ3) is 4.44. The van der Waals surface area contributed by atoms with E-state index in [9.17, 15) is 22.8 Å². The van der Waals surface area contributed by atoms with Crippen LogP contribution in [0.15, 0.2) is 45.8 Å². The molecular weight excluding hydrogens is 355 g/mol. The van der Waals surface area contributed by atoms with Crippen LogP contribution >= 0.6 is 11.3 Å². The summed E-state index contributed by atoms with van der Waals surface area (Å²) in [7, 11) is -2.38. The summed E-state index contributed by atoms with van der Waals surface area (Å²) in [6.45, 7) is -0.0593. The first kappa shape index (κ1) is 18.7. The quantitative estimate of drug-likeness (QED) is 0.722. The monoisotopic (exact) mass is 372 g/mol. The molecule has 0 aliphatic rings. The molecule has 6 nitrogen and oxygen atoms in total. The zero-order valence-corrected chi connectivity index (χ0v) is 14.6. The van der Waals surface area contributed by atoms with Gasteiger partial charge in [0.2, 0.25) is 0 Å². The molecule has 1 aromatic carbocycles. The molecule has 130 valence electrons. The molecule has 1 atom stereocenters. The number of nitroso groups, excluding NO2 is 1. The molecule has 1 aromatic heterocycles. The second kappa shape index (κ2) is 7.93. The zero-order valence-electron chi connectivity index (χ0n) is 12.9. The standard InChI is InChI=1S/C15H17FN2O4S2/c1-18(10-14(19)11-2-4-12(16)5-3-11)24(21,22)15-7-6-13(23-15)8-9-17-20/h2-7,14,19H,8-10H2,1H3. The van der Waals surface area contributed by atoms with E-state index in [0.717, 1.165) is 20.5 Å². The molecule has 0 amide bonds. The van der Waals surface area contributed by atoms with Crippen LogP contribution < -0.4 is 0 Å². The van der Waals surface area contributed by atoms with Gasteiger partial charge >= 0.3 is 0 Å².